The standard InChI is InChI=1S/C12H11F2NO2/c1-2-8(7-15)11(16)9-4-3-5-10(6-9)17-12(13)14/h3-6,8,12H,2H2,1H3. The summed E-state index contributed by atoms with van der Waals surface area (Å²) in [6.07, 6.45) is 0.384. The van der Waals surface area contributed by atoms with E-state index in [1.807, 2.05) is 6.07 Å². The van der Waals surface area contributed by atoms with Gasteiger partial charge in [0.25, 0.3) is 0 Å². The molecular weight excluding hydrogens is 228 g/mol. The fraction of sp³-hybridized carbons (Fsp3) is 0.333. The molecule has 0 radical (unpaired) electrons. The monoisotopic (exact) mass is 239 g/mol. The zero-order chi connectivity index (χ0) is 12.8. The van der Waals surface area contributed by atoms with Gasteiger partial charge in [-0.2, -0.15) is 14.0 Å². The van der Waals surface area contributed by atoms with Crippen LogP contribution in [0.1, 0.15) is 23.7 Å². The summed E-state index contributed by atoms with van der Waals surface area (Å²) in [4.78, 5) is 11.8. The summed E-state index contributed by atoms with van der Waals surface area (Å²) in [5.41, 5.74) is 0.205. The Morgan fingerprint density at radius 3 is 2.76 bits per heavy atom. The van der Waals surface area contributed by atoms with Crippen molar-refractivity contribution in [2.45, 2.75) is 20.0 Å². The van der Waals surface area contributed by atoms with Crippen LogP contribution in [0.2, 0.25) is 0 Å². The quantitative estimate of drug-likeness (QED) is 0.742. The van der Waals surface area contributed by atoms with E-state index in [9.17, 15) is 13.6 Å². The summed E-state index contributed by atoms with van der Waals surface area (Å²) < 4.78 is 28.2. The van der Waals surface area contributed by atoms with Crippen LogP contribution in [-0.2, 0) is 0 Å². The number of Topliss-reactive ketones (excluding diaryl/α,β-unsaturated/α-hetero) is 1. The Morgan fingerprint density at radius 1 is 1.53 bits per heavy atom. The Hall–Kier alpha value is -1.96. The van der Waals surface area contributed by atoms with Crippen molar-refractivity contribution in [1.82, 2.24) is 0 Å². The van der Waals surface area contributed by atoms with Crippen molar-refractivity contribution in [3.8, 4) is 11.8 Å². The molecule has 1 aromatic carbocycles. The third-order valence-corrected chi connectivity index (χ3v) is 2.22. The first-order valence-electron chi connectivity index (χ1n) is 5.07. The van der Waals surface area contributed by atoms with Gasteiger partial charge < -0.3 is 4.74 Å². The molecule has 0 amide bonds. The van der Waals surface area contributed by atoms with E-state index < -0.39 is 12.5 Å². The molecule has 3 nitrogen and oxygen atoms in total. The molecule has 90 valence electrons. The van der Waals surface area contributed by atoms with Gasteiger partial charge in [0, 0.05) is 5.56 Å². The molecule has 0 aromatic heterocycles. The number of halogens is 2. The number of ketones is 1. The van der Waals surface area contributed by atoms with Gasteiger partial charge in [-0.1, -0.05) is 19.1 Å². The summed E-state index contributed by atoms with van der Waals surface area (Å²) in [5.74, 6) is -1.22. The van der Waals surface area contributed by atoms with E-state index in [4.69, 9.17) is 5.26 Å². The second kappa shape index (κ2) is 5.94. The Balaban J connectivity index is 2.92. The van der Waals surface area contributed by atoms with Crippen molar-refractivity contribution in [2.24, 2.45) is 5.92 Å². The van der Waals surface area contributed by atoms with E-state index in [1.165, 1.54) is 24.3 Å². The van der Waals surface area contributed by atoms with Crippen molar-refractivity contribution in [1.29, 1.82) is 5.26 Å². The number of carbonyl (C=O) groups excluding carboxylic acids is 1. The highest BCUT2D eigenvalue weighted by Crippen LogP contribution is 2.19. The van der Waals surface area contributed by atoms with Crippen LogP contribution in [-0.4, -0.2) is 12.4 Å². The van der Waals surface area contributed by atoms with Crippen LogP contribution in [0.25, 0.3) is 0 Å². The number of hydrogen-bond acceptors (Lipinski definition) is 3. The fourth-order valence-electron chi connectivity index (χ4n) is 1.36. The molecule has 1 unspecified atom stereocenters. The Kier molecular flexibility index (Phi) is 4.58. The Labute approximate surface area is 97.6 Å². The second-order valence-corrected chi connectivity index (χ2v) is 3.36. The van der Waals surface area contributed by atoms with E-state index in [0.29, 0.717) is 6.42 Å². The zero-order valence-electron chi connectivity index (χ0n) is 9.19. The first-order valence-corrected chi connectivity index (χ1v) is 5.07. The van der Waals surface area contributed by atoms with Crippen LogP contribution in [0.15, 0.2) is 24.3 Å². The molecule has 0 bridgehead atoms. The molecule has 0 fully saturated rings. The fourth-order valence-corrected chi connectivity index (χ4v) is 1.36. The minimum absolute atomic E-state index is 0.0846. The van der Waals surface area contributed by atoms with Crippen LogP contribution in [0.4, 0.5) is 8.78 Å². The van der Waals surface area contributed by atoms with Crippen LogP contribution < -0.4 is 4.74 Å². The van der Waals surface area contributed by atoms with Gasteiger partial charge in [-0.25, -0.2) is 0 Å². The summed E-state index contributed by atoms with van der Waals surface area (Å²) in [7, 11) is 0. The van der Waals surface area contributed by atoms with Crippen LogP contribution in [0.3, 0.4) is 0 Å². The van der Waals surface area contributed by atoms with Gasteiger partial charge in [0.15, 0.2) is 5.78 Å². The minimum Gasteiger partial charge on any atom is -0.435 e. The van der Waals surface area contributed by atoms with Gasteiger partial charge in [0.05, 0.1) is 6.07 Å². The maximum atomic E-state index is 12.0. The molecule has 17 heavy (non-hydrogen) atoms. The molecule has 0 N–H and O–H groups in total. The van der Waals surface area contributed by atoms with Crippen molar-refractivity contribution >= 4 is 5.78 Å². The van der Waals surface area contributed by atoms with Gasteiger partial charge in [0.2, 0.25) is 0 Å². The number of nitrogens with zero attached hydrogens (tertiary/aromatic N) is 1. The molecule has 0 saturated carbocycles. The van der Waals surface area contributed by atoms with Crippen LogP contribution in [0.5, 0.6) is 5.75 Å². The van der Waals surface area contributed by atoms with Gasteiger partial charge in [-0.3, -0.25) is 4.79 Å². The number of nitriles is 1. The molecule has 0 aliphatic rings. The van der Waals surface area contributed by atoms with E-state index in [1.54, 1.807) is 6.92 Å². The van der Waals surface area contributed by atoms with Gasteiger partial charge in [-0.15, -0.1) is 0 Å². The number of ether oxygens (including phenoxy) is 1. The summed E-state index contributed by atoms with van der Waals surface area (Å²) >= 11 is 0. The maximum Gasteiger partial charge on any atom is 0.387 e. The molecule has 0 saturated heterocycles. The number of hydrogen-bond donors (Lipinski definition) is 0. The SMILES string of the molecule is CCC(C#N)C(=O)c1cccc(OC(F)F)c1. The summed E-state index contributed by atoms with van der Waals surface area (Å²) in [6.45, 7) is -1.22. The topological polar surface area (TPSA) is 50.1 Å². The van der Waals surface area contributed by atoms with Gasteiger partial charge >= 0.3 is 6.61 Å². The van der Waals surface area contributed by atoms with Crippen LogP contribution in [0, 0.1) is 17.2 Å². The Bertz CT molecular complexity index is 440. The van der Waals surface area contributed by atoms with Crippen LogP contribution >= 0.6 is 0 Å². The summed E-state index contributed by atoms with van der Waals surface area (Å²) in [6, 6.07) is 7.33. The minimum atomic E-state index is -2.93. The average molecular weight is 239 g/mol. The molecular formula is C12H11F2NO2. The average Bonchev–Trinajstić information content (AvgIpc) is 2.30. The van der Waals surface area contributed by atoms with Gasteiger partial charge in [-0.05, 0) is 18.6 Å². The predicted molar refractivity (Wildman–Crippen MR) is 56.8 cm³/mol. The molecule has 0 heterocycles. The lowest BCUT2D eigenvalue weighted by atomic mass is 9.97. The summed E-state index contributed by atoms with van der Waals surface area (Å²) in [5, 5.41) is 8.75. The highest BCUT2D eigenvalue weighted by atomic mass is 19.3. The number of carbonyl (C=O) groups is 1. The van der Waals surface area contributed by atoms with Crippen molar-refractivity contribution < 1.29 is 18.3 Å². The number of rotatable bonds is 5. The lowest BCUT2D eigenvalue weighted by Gasteiger charge is -2.08. The second-order valence-electron chi connectivity index (χ2n) is 3.36. The van der Waals surface area contributed by atoms with E-state index >= 15 is 0 Å². The van der Waals surface area contributed by atoms with E-state index in [-0.39, 0.29) is 17.1 Å². The lowest BCUT2D eigenvalue weighted by Crippen LogP contribution is -2.12. The largest absolute Gasteiger partial charge is 0.435 e. The van der Waals surface area contributed by atoms with Crippen molar-refractivity contribution in [2.75, 3.05) is 0 Å². The Morgan fingerprint density at radius 2 is 2.24 bits per heavy atom. The normalized spacial score (nSPS) is 11.9. The molecule has 0 aliphatic heterocycles. The molecule has 0 aliphatic carbocycles. The van der Waals surface area contributed by atoms with Crippen molar-refractivity contribution in [3.63, 3.8) is 0 Å². The third-order valence-electron chi connectivity index (χ3n) is 2.22. The number of benzene rings is 1. The molecule has 1 rings (SSSR count). The van der Waals surface area contributed by atoms with E-state index in [0.717, 1.165) is 0 Å². The third kappa shape index (κ3) is 3.52. The molecule has 1 aromatic rings. The zero-order valence-corrected chi connectivity index (χ0v) is 9.19. The maximum absolute atomic E-state index is 12.0. The first-order chi connectivity index (χ1) is 8.08. The molecule has 0 spiro atoms. The van der Waals surface area contributed by atoms with E-state index in [2.05, 4.69) is 4.74 Å². The predicted octanol–water partition coefficient (Wildman–Crippen LogP) is 3.02. The molecule has 1 atom stereocenters. The lowest BCUT2D eigenvalue weighted by molar-refractivity contribution is -0.0498. The van der Waals surface area contributed by atoms with Gasteiger partial charge in [0.1, 0.15) is 11.7 Å². The smallest absolute Gasteiger partial charge is 0.387 e. The van der Waals surface area contributed by atoms with Crippen molar-refractivity contribution in [3.05, 3.63) is 29.8 Å². The molecule has 5 heteroatoms. The highest BCUT2D eigenvalue weighted by Gasteiger charge is 2.18. The first kappa shape index (κ1) is 13.1. The highest BCUT2D eigenvalue weighted by molar-refractivity contribution is 5.99. The number of alkyl halides is 2.